The molecule has 0 spiro atoms. The third-order valence-electron chi connectivity index (χ3n) is 2.90. The zero-order chi connectivity index (χ0) is 13.3. The van der Waals surface area contributed by atoms with Gasteiger partial charge in [0.15, 0.2) is 4.77 Å². The van der Waals surface area contributed by atoms with E-state index < -0.39 is 0 Å². The maximum Gasteiger partial charge on any atom is 0.195 e. The Hall–Kier alpha value is -1.42. The number of nitrogens with one attached hydrogen (secondary N) is 1. The fraction of sp³-hybridized carbons (Fsp3) is 0.429. The first-order valence-corrected chi connectivity index (χ1v) is 6.51. The number of benzene rings is 1. The Balaban J connectivity index is 2.36. The lowest BCUT2D eigenvalue weighted by Crippen LogP contribution is -2.24. The van der Waals surface area contributed by atoms with Gasteiger partial charge in [-0.1, -0.05) is 29.8 Å². The van der Waals surface area contributed by atoms with E-state index in [-0.39, 0.29) is 5.54 Å². The van der Waals surface area contributed by atoms with Gasteiger partial charge < -0.3 is 0 Å². The van der Waals surface area contributed by atoms with Crippen molar-refractivity contribution in [2.75, 3.05) is 0 Å². The summed E-state index contributed by atoms with van der Waals surface area (Å²) in [5, 5.41) is 7.24. The summed E-state index contributed by atoms with van der Waals surface area (Å²) in [6, 6.07) is 8.52. The molecule has 2 aromatic rings. The summed E-state index contributed by atoms with van der Waals surface area (Å²) in [5.41, 5.74) is 2.47. The first kappa shape index (κ1) is 13.0. The van der Waals surface area contributed by atoms with Crippen LogP contribution in [0.15, 0.2) is 24.3 Å². The van der Waals surface area contributed by atoms with Gasteiger partial charge in [0.1, 0.15) is 5.82 Å². The van der Waals surface area contributed by atoms with Gasteiger partial charge in [-0.05, 0) is 45.5 Å². The summed E-state index contributed by atoms with van der Waals surface area (Å²) in [5.74, 6) is 0.983. The minimum absolute atomic E-state index is 0.0515. The SMILES string of the molecule is Cc1ccc(Cc2n[nH]c(=S)n2C(C)(C)C)cc1. The number of aryl methyl sites for hydroxylation is 1. The van der Waals surface area contributed by atoms with E-state index in [1.807, 2.05) is 0 Å². The van der Waals surface area contributed by atoms with E-state index in [0.717, 1.165) is 12.2 Å². The maximum absolute atomic E-state index is 5.30. The van der Waals surface area contributed by atoms with Crippen LogP contribution < -0.4 is 0 Å². The van der Waals surface area contributed by atoms with Gasteiger partial charge in [-0.25, -0.2) is 0 Å². The Morgan fingerprint density at radius 3 is 2.39 bits per heavy atom. The third-order valence-corrected chi connectivity index (χ3v) is 3.17. The highest BCUT2D eigenvalue weighted by Crippen LogP contribution is 2.18. The smallest absolute Gasteiger partial charge is 0.195 e. The van der Waals surface area contributed by atoms with Crippen molar-refractivity contribution < 1.29 is 0 Å². The Kier molecular flexibility index (Phi) is 3.39. The van der Waals surface area contributed by atoms with Crippen molar-refractivity contribution in [1.82, 2.24) is 14.8 Å². The zero-order valence-electron chi connectivity index (χ0n) is 11.3. The van der Waals surface area contributed by atoms with Crippen LogP contribution in [0.25, 0.3) is 0 Å². The van der Waals surface area contributed by atoms with E-state index >= 15 is 0 Å². The van der Waals surface area contributed by atoms with Crippen molar-refractivity contribution >= 4 is 12.2 Å². The third kappa shape index (κ3) is 2.70. The second kappa shape index (κ2) is 4.69. The molecule has 96 valence electrons. The largest absolute Gasteiger partial charge is 0.298 e. The summed E-state index contributed by atoms with van der Waals surface area (Å²) >= 11 is 5.30. The fourth-order valence-electron chi connectivity index (χ4n) is 2.03. The van der Waals surface area contributed by atoms with E-state index in [0.29, 0.717) is 4.77 Å². The van der Waals surface area contributed by atoms with Crippen LogP contribution in [-0.4, -0.2) is 14.8 Å². The predicted octanol–water partition coefficient (Wildman–Crippen LogP) is 3.59. The lowest BCUT2D eigenvalue weighted by Gasteiger charge is -2.22. The van der Waals surface area contributed by atoms with Crippen LogP contribution in [0, 0.1) is 11.7 Å². The van der Waals surface area contributed by atoms with Crippen LogP contribution in [0.3, 0.4) is 0 Å². The highest BCUT2D eigenvalue weighted by molar-refractivity contribution is 7.71. The van der Waals surface area contributed by atoms with Gasteiger partial charge in [0, 0.05) is 12.0 Å². The predicted molar refractivity (Wildman–Crippen MR) is 76.4 cm³/mol. The normalized spacial score (nSPS) is 11.8. The quantitative estimate of drug-likeness (QED) is 0.838. The van der Waals surface area contributed by atoms with Crippen LogP contribution in [0.2, 0.25) is 0 Å². The van der Waals surface area contributed by atoms with Crippen LogP contribution in [0.5, 0.6) is 0 Å². The van der Waals surface area contributed by atoms with E-state index in [1.54, 1.807) is 0 Å². The highest BCUT2D eigenvalue weighted by atomic mass is 32.1. The van der Waals surface area contributed by atoms with Crippen LogP contribution in [0.1, 0.15) is 37.7 Å². The van der Waals surface area contributed by atoms with Crippen molar-refractivity contribution in [1.29, 1.82) is 0 Å². The molecule has 1 aromatic heterocycles. The van der Waals surface area contributed by atoms with Crippen molar-refractivity contribution in [2.24, 2.45) is 0 Å². The van der Waals surface area contributed by atoms with Crippen molar-refractivity contribution in [3.05, 3.63) is 46.0 Å². The van der Waals surface area contributed by atoms with Gasteiger partial charge in [0.05, 0.1) is 0 Å². The zero-order valence-corrected chi connectivity index (χ0v) is 12.1. The topological polar surface area (TPSA) is 33.6 Å². The molecule has 0 atom stereocenters. The lowest BCUT2D eigenvalue weighted by atomic mass is 10.1. The summed E-state index contributed by atoms with van der Waals surface area (Å²) in [6.07, 6.45) is 0.796. The molecule has 0 unspecified atom stereocenters. The minimum Gasteiger partial charge on any atom is -0.298 e. The first-order chi connectivity index (χ1) is 8.38. The van der Waals surface area contributed by atoms with E-state index in [4.69, 9.17) is 12.2 Å². The summed E-state index contributed by atoms with van der Waals surface area (Å²) in [4.78, 5) is 0. The minimum atomic E-state index is -0.0515. The Labute approximate surface area is 113 Å². The second-order valence-electron chi connectivity index (χ2n) is 5.61. The molecule has 0 aliphatic carbocycles. The molecular formula is C14H19N3S. The molecule has 0 saturated carbocycles. The number of nitrogens with zero attached hydrogens (tertiary/aromatic N) is 2. The van der Waals surface area contributed by atoms with Crippen molar-refractivity contribution in [3.63, 3.8) is 0 Å². The molecule has 0 amide bonds. The molecule has 1 aromatic carbocycles. The molecule has 0 aliphatic rings. The molecule has 18 heavy (non-hydrogen) atoms. The molecular weight excluding hydrogens is 242 g/mol. The average molecular weight is 261 g/mol. The van der Waals surface area contributed by atoms with Crippen molar-refractivity contribution in [2.45, 2.75) is 39.7 Å². The number of rotatable bonds is 2. The van der Waals surface area contributed by atoms with Gasteiger partial charge in [0.2, 0.25) is 0 Å². The van der Waals surface area contributed by atoms with Crippen LogP contribution in [0.4, 0.5) is 0 Å². The van der Waals surface area contributed by atoms with Gasteiger partial charge in [-0.3, -0.25) is 9.67 Å². The summed E-state index contributed by atoms with van der Waals surface area (Å²) in [6.45, 7) is 8.50. The lowest BCUT2D eigenvalue weighted by molar-refractivity contribution is 0.380. The molecule has 0 aliphatic heterocycles. The summed E-state index contributed by atoms with van der Waals surface area (Å²) < 4.78 is 2.77. The first-order valence-electron chi connectivity index (χ1n) is 6.10. The molecule has 0 bridgehead atoms. The number of hydrogen-bond acceptors (Lipinski definition) is 2. The Morgan fingerprint density at radius 1 is 1.22 bits per heavy atom. The second-order valence-corrected chi connectivity index (χ2v) is 6.00. The number of aromatic amines is 1. The molecule has 1 N–H and O–H groups in total. The monoisotopic (exact) mass is 261 g/mol. The average Bonchev–Trinajstić information content (AvgIpc) is 2.63. The highest BCUT2D eigenvalue weighted by Gasteiger charge is 2.19. The van der Waals surface area contributed by atoms with Gasteiger partial charge in [-0.15, -0.1) is 0 Å². The molecule has 4 heteroatoms. The van der Waals surface area contributed by atoms with E-state index in [9.17, 15) is 0 Å². The molecule has 1 heterocycles. The Morgan fingerprint density at radius 2 is 1.83 bits per heavy atom. The van der Waals surface area contributed by atoms with Gasteiger partial charge in [0.25, 0.3) is 0 Å². The van der Waals surface area contributed by atoms with Gasteiger partial charge in [-0.2, -0.15) is 5.10 Å². The van der Waals surface area contributed by atoms with Crippen LogP contribution >= 0.6 is 12.2 Å². The molecule has 0 radical (unpaired) electrons. The van der Waals surface area contributed by atoms with E-state index in [1.165, 1.54) is 11.1 Å². The Bertz CT molecular complexity index is 585. The number of aromatic nitrogens is 3. The fourth-order valence-corrected chi connectivity index (χ4v) is 2.45. The maximum atomic E-state index is 5.30. The standard InChI is InChI=1S/C14H19N3S/c1-10-5-7-11(8-6-10)9-12-15-16-13(18)17(12)14(2,3)4/h5-8H,9H2,1-4H3,(H,16,18). The van der Waals surface area contributed by atoms with Crippen LogP contribution in [-0.2, 0) is 12.0 Å². The molecule has 0 fully saturated rings. The number of hydrogen-bond donors (Lipinski definition) is 1. The molecule has 0 saturated heterocycles. The summed E-state index contributed by atoms with van der Waals surface area (Å²) in [7, 11) is 0. The van der Waals surface area contributed by atoms with E-state index in [2.05, 4.69) is 66.7 Å². The molecule has 2 rings (SSSR count). The van der Waals surface area contributed by atoms with Crippen molar-refractivity contribution in [3.8, 4) is 0 Å². The number of H-pyrrole nitrogens is 1. The van der Waals surface area contributed by atoms with Gasteiger partial charge >= 0.3 is 0 Å². The molecule has 3 nitrogen and oxygen atoms in total.